The second-order valence-corrected chi connectivity index (χ2v) is 8.37. The molecule has 1 N–H and O–H groups in total. The van der Waals surface area contributed by atoms with Gasteiger partial charge in [-0.2, -0.15) is 0 Å². The largest absolute Gasteiger partial charge is 0.491 e. The van der Waals surface area contributed by atoms with Crippen LogP contribution in [0.4, 0.5) is 5.69 Å². The van der Waals surface area contributed by atoms with E-state index in [1.54, 1.807) is 0 Å². The van der Waals surface area contributed by atoms with Gasteiger partial charge in [0.2, 0.25) is 0 Å². The normalized spacial score (nSPS) is 13.0. The Morgan fingerprint density at radius 1 is 1.13 bits per heavy atom. The van der Waals surface area contributed by atoms with Crippen molar-refractivity contribution in [3.05, 3.63) is 24.3 Å². The molecular formula is C16H27NO4S2. The minimum absolute atomic E-state index is 0.0166. The highest BCUT2D eigenvalue weighted by molar-refractivity contribution is 8.78. The minimum Gasteiger partial charge on any atom is -0.491 e. The Labute approximate surface area is 146 Å². The first-order valence-electron chi connectivity index (χ1n) is 7.59. The third-order valence-corrected chi connectivity index (χ3v) is 3.78. The molecule has 1 unspecified atom stereocenters. The molecule has 0 spiro atoms. The van der Waals surface area contributed by atoms with Gasteiger partial charge < -0.3 is 18.9 Å². The van der Waals surface area contributed by atoms with Gasteiger partial charge >= 0.3 is 0 Å². The fourth-order valence-electron chi connectivity index (χ4n) is 1.59. The summed E-state index contributed by atoms with van der Waals surface area (Å²) in [5, 5.41) is 0. The maximum absolute atomic E-state index is 11.3. The Morgan fingerprint density at radius 2 is 1.74 bits per heavy atom. The Morgan fingerprint density at radius 3 is 2.35 bits per heavy atom. The van der Waals surface area contributed by atoms with Crippen molar-refractivity contribution < 1.29 is 19.0 Å². The number of benzene rings is 1. The number of anilines is 1. The average Bonchev–Trinajstić information content (AvgIpc) is 2.50. The van der Waals surface area contributed by atoms with E-state index >= 15 is 0 Å². The van der Waals surface area contributed by atoms with Crippen LogP contribution in [0.3, 0.4) is 0 Å². The SMILES string of the molecule is CC(C)C(=O)COCCOCCOc1ccc(N[SH](C)S)cc1. The van der Waals surface area contributed by atoms with E-state index in [1.165, 1.54) is 0 Å². The van der Waals surface area contributed by atoms with Crippen molar-refractivity contribution in [2.24, 2.45) is 5.92 Å². The predicted octanol–water partition coefficient (Wildman–Crippen LogP) is 3.13. The molecule has 0 amide bonds. The fourth-order valence-corrected chi connectivity index (χ4v) is 2.46. The molecule has 1 aromatic carbocycles. The molecule has 0 saturated carbocycles. The first kappa shape index (κ1) is 20.2. The number of hydrogen-bond donors (Lipinski definition) is 3. The number of hydrogen-bond acceptors (Lipinski definition) is 6. The summed E-state index contributed by atoms with van der Waals surface area (Å²) in [6, 6.07) is 7.75. The zero-order chi connectivity index (χ0) is 17.1. The molecule has 132 valence electrons. The first-order chi connectivity index (χ1) is 11.0. The zero-order valence-electron chi connectivity index (χ0n) is 13.9. The summed E-state index contributed by atoms with van der Waals surface area (Å²) in [6.07, 6.45) is 2.03. The topological polar surface area (TPSA) is 56.8 Å². The molecular weight excluding hydrogens is 334 g/mol. The smallest absolute Gasteiger partial charge is 0.160 e. The van der Waals surface area contributed by atoms with Crippen LogP contribution in [0.15, 0.2) is 24.3 Å². The van der Waals surface area contributed by atoms with E-state index in [4.69, 9.17) is 14.2 Å². The summed E-state index contributed by atoms with van der Waals surface area (Å²) in [4.78, 5) is 11.3. The van der Waals surface area contributed by atoms with Crippen molar-refractivity contribution >= 4 is 33.2 Å². The highest BCUT2D eigenvalue weighted by Crippen LogP contribution is 2.27. The number of ketones is 1. The third-order valence-electron chi connectivity index (χ3n) is 2.90. The second kappa shape index (κ2) is 11.6. The van der Waals surface area contributed by atoms with E-state index in [-0.39, 0.29) is 18.3 Å². The summed E-state index contributed by atoms with van der Waals surface area (Å²) < 4.78 is 19.5. The molecule has 0 radical (unpaired) electrons. The lowest BCUT2D eigenvalue weighted by molar-refractivity contribution is -0.127. The Kier molecular flexibility index (Phi) is 10.2. The quantitative estimate of drug-likeness (QED) is 0.303. The molecule has 0 bridgehead atoms. The summed E-state index contributed by atoms with van der Waals surface area (Å²) >= 11 is 4.34. The van der Waals surface area contributed by atoms with Gasteiger partial charge in [-0.1, -0.05) is 13.8 Å². The number of ether oxygens (including phenoxy) is 3. The van der Waals surface area contributed by atoms with Crippen molar-refractivity contribution in [2.75, 3.05) is 44.0 Å². The van der Waals surface area contributed by atoms with Crippen LogP contribution in [0.1, 0.15) is 13.8 Å². The Balaban J connectivity index is 2.03. The Bertz CT molecular complexity index is 452. The maximum Gasteiger partial charge on any atom is 0.160 e. The molecule has 0 saturated heterocycles. The van der Waals surface area contributed by atoms with Gasteiger partial charge in [-0.15, -0.1) is 21.8 Å². The molecule has 0 aliphatic heterocycles. The average molecular weight is 362 g/mol. The molecule has 1 atom stereocenters. The van der Waals surface area contributed by atoms with E-state index in [2.05, 4.69) is 16.4 Å². The molecule has 5 nitrogen and oxygen atoms in total. The van der Waals surface area contributed by atoms with Crippen molar-refractivity contribution in [3.63, 3.8) is 0 Å². The van der Waals surface area contributed by atoms with Gasteiger partial charge in [-0.3, -0.25) is 4.79 Å². The van der Waals surface area contributed by atoms with E-state index < -0.39 is 10.1 Å². The number of carbonyl (C=O) groups is 1. The molecule has 1 aromatic rings. The van der Waals surface area contributed by atoms with E-state index in [1.807, 2.05) is 44.4 Å². The van der Waals surface area contributed by atoms with Crippen LogP contribution in [0.25, 0.3) is 0 Å². The number of rotatable bonds is 12. The second-order valence-electron chi connectivity index (χ2n) is 5.29. The van der Waals surface area contributed by atoms with Gasteiger partial charge in [0.05, 0.1) is 19.8 Å². The molecule has 0 fully saturated rings. The number of Topliss-reactive ketones (excluding diaryl/α,β-unsaturated/α-hetero) is 1. The monoisotopic (exact) mass is 361 g/mol. The summed E-state index contributed by atoms with van der Waals surface area (Å²) in [5.41, 5.74) is 1.03. The zero-order valence-corrected chi connectivity index (χ0v) is 15.7. The van der Waals surface area contributed by atoms with Gasteiger partial charge in [-0.25, -0.2) is 0 Å². The van der Waals surface area contributed by atoms with E-state index in [0.29, 0.717) is 26.4 Å². The first-order valence-corrected chi connectivity index (χ1v) is 10.5. The highest BCUT2D eigenvalue weighted by Gasteiger charge is 2.06. The van der Waals surface area contributed by atoms with Crippen LogP contribution in [0.5, 0.6) is 5.75 Å². The number of carbonyl (C=O) groups excluding carboxylic acids is 1. The van der Waals surface area contributed by atoms with Crippen LogP contribution in [-0.2, 0) is 14.3 Å². The molecule has 7 heteroatoms. The van der Waals surface area contributed by atoms with Crippen LogP contribution < -0.4 is 9.46 Å². The van der Waals surface area contributed by atoms with Crippen LogP contribution in [0, 0.1) is 5.92 Å². The lowest BCUT2D eigenvalue weighted by atomic mass is 10.1. The van der Waals surface area contributed by atoms with Gasteiger partial charge in [-0.05, 0) is 30.5 Å². The van der Waals surface area contributed by atoms with Crippen LogP contribution in [-0.4, -0.2) is 45.1 Å². The predicted molar refractivity (Wildman–Crippen MR) is 101 cm³/mol. The van der Waals surface area contributed by atoms with Gasteiger partial charge in [0.15, 0.2) is 5.78 Å². The molecule has 0 aliphatic rings. The van der Waals surface area contributed by atoms with E-state index in [9.17, 15) is 4.79 Å². The molecule has 0 aromatic heterocycles. The van der Waals surface area contributed by atoms with E-state index in [0.717, 1.165) is 11.4 Å². The van der Waals surface area contributed by atoms with Crippen molar-refractivity contribution in [1.82, 2.24) is 0 Å². The van der Waals surface area contributed by atoms with Crippen molar-refractivity contribution in [2.45, 2.75) is 13.8 Å². The summed E-state index contributed by atoms with van der Waals surface area (Å²) in [7, 11) is -0.465. The van der Waals surface area contributed by atoms with Gasteiger partial charge in [0, 0.05) is 11.6 Å². The minimum atomic E-state index is -0.465. The molecule has 23 heavy (non-hydrogen) atoms. The summed E-state index contributed by atoms with van der Waals surface area (Å²) in [5.74, 6) is 0.931. The van der Waals surface area contributed by atoms with Crippen molar-refractivity contribution in [1.29, 1.82) is 0 Å². The summed E-state index contributed by atoms with van der Waals surface area (Å²) in [6.45, 7) is 5.72. The molecule has 0 heterocycles. The standard InChI is InChI=1S/C16H27NO4S2/c1-13(2)16(18)12-20-9-8-19-10-11-21-15-6-4-14(5-7-15)17-23(3)22/h4-7,13,17,22-23H,8-12H2,1-3H3. The fraction of sp³-hybridized carbons (Fsp3) is 0.562. The van der Waals surface area contributed by atoms with Crippen molar-refractivity contribution in [3.8, 4) is 5.75 Å². The van der Waals surface area contributed by atoms with Crippen LogP contribution >= 0.6 is 21.8 Å². The lowest BCUT2D eigenvalue weighted by Crippen LogP contribution is -2.17. The van der Waals surface area contributed by atoms with Crippen LogP contribution in [0.2, 0.25) is 0 Å². The number of thiol groups is 2. The molecule has 0 aliphatic carbocycles. The lowest BCUT2D eigenvalue weighted by Gasteiger charge is -2.13. The van der Waals surface area contributed by atoms with Gasteiger partial charge in [0.25, 0.3) is 0 Å². The number of nitrogens with one attached hydrogen (secondary N) is 1. The Hall–Kier alpha value is -0.890. The maximum atomic E-state index is 11.3. The molecule has 1 rings (SSSR count). The van der Waals surface area contributed by atoms with Gasteiger partial charge in [0.1, 0.15) is 19.0 Å². The third kappa shape index (κ3) is 9.76. The highest BCUT2D eigenvalue weighted by atomic mass is 33.1.